The Hall–Kier alpha value is -2.28. The van der Waals surface area contributed by atoms with Crippen molar-refractivity contribution in [1.29, 1.82) is 0 Å². The van der Waals surface area contributed by atoms with Crippen LogP contribution < -0.4 is 22.9 Å². The van der Waals surface area contributed by atoms with E-state index in [-0.39, 0.29) is 6.42 Å². The second-order valence-corrected chi connectivity index (χ2v) is 4.41. The first-order chi connectivity index (χ1) is 15.9. The molecular weight excluding hydrogens is 376 g/mol. The topological polar surface area (TPSA) is 253 Å². The van der Waals surface area contributed by atoms with E-state index in [0.29, 0.717) is 0 Å². The number of carboxylic acids is 4. The smallest absolute Gasteiger partial charge is 0.320 e. The predicted molar refractivity (Wildman–Crippen MR) is 104 cm³/mol. The summed E-state index contributed by atoms with van der Waals surface area (Å²) in [7, 11) is 0. The highest BCUT2D eigenvalue weighted by Crippen LogP contribution is 1.83. The van der Waals surface area contributed by atoms with Crippen LogP contribution in [0, 0.1) is 0 Å². The summed E-state index contributed by atoms with van der Waals surface area (Å²) >= 11 is 0. The molecule has 0 rings (SSSR count). The monoisotopic (exact) mass is 421 g/mol. The number of carboxylic acid groups (broad SMARTS) is 4. The van der Waals surface area contributed by atoms with Gasteiger partial charge in [0.25, 0.3) is 0 Å². The molecule has 28 heavy (non-hydrogen) atoms. The van der Waals surface area contributed by atoms with E-state index in [1.807, 2.05) is 0 Å². The van der Waals surface area contributed by atoms with Crippen molar-refractivity contribution < 1.29 is 51.9 Å². The van der Waals surface area contributed by atoms with E-state index in [1.165, 1.54) is 0 Å². The van der Waals surface area contributed by atoms with Gasteiger partial charge in [0.15, 0.2) is 0 Å². The molecule has 0 aliphatic rings. The van der Waals surface area contributed by atoms with Gasteiger partial charge in [0.1, 0.15) is 24.1 Å². The zero-order chi connectivity index (χ0) is 31.4. The Balaban J connectivity index is -0.000000197. The van der Waals surface area contributed by atoms with Crippen LogP contribution in [-0.4, -0.2) is 68.4 Å². The van der Waals surface area contributed by atoms with Gasteiger partial charge in [-0.25, -0.2) is 0 Å². The number of rotatable bonds is 8. The van der Waals surface area contributed by atoms with Crippen LogP contribution in [0.2, 0.25) is 0 Å². The lowest BCUT2D eigenvalue weighted by atomic mass is 10.2. The SMILES string of the molecule is [2H]C([2H])(C)[C@H](N)C(=O)O.[2H]C([2H])(C)[C@]([2H])(N)C(=O)O.[2H]C([2H])([2H])C[C@H](N)C(=O)O.[2H][C@](N)(CC)C(=O)O. The van der Waals surface area contributed by atoms with Crippen LogP contribution in [-0.2, 0) is 19.2 Å². The molecule has 0 aromatic carbocycles. The maximum absolute atomic E-state index is 10.1. The van der Waals surface area contributed by atoms with Crippen molar-refractivity contribution in [2.45, 2.75) is 77.3 Å². The van der Waals surface area contributed by atoms with Crippen molar-refractivity contribution >= 4 is 23.9 Å². The molecule has 168 valence electrons. The zero-order valence-electron chi connectivity index (χ0n) is 24.8. The molecule has 12 heteroatoms. The van der Waals surface area contributed by atoms with Crippen molar-refractivity contribution in [2.75, 3.05) is 0 Å². The Morgan fingerprint density at radius 3 is 1.18 bits per heavy atom. The molecular formula is C16H36N4O8. The third kappa shape index (κ3) is 26.0. The van der Waals surface area contributed by atoms with Crippen molar-refractivity contribution in [3.8, 4) is 0 Å². The van der Waals surface area contributed by atoms with E-state index in [9.17, 15) is 19.2 Å². The average molecular weight is 422 g/mol. The van der Waals surface area contributed by atoms with Gasteiger partial charge < -0.3 is 43.4 Å². The molecule has 12 N–H and O–H groups in total. The average Bonchev–Trinajstić information content (AvgIpc) is 2.65. The van der Waals surface area contributed by atoms with Crippen molar-refractivity contribution in [1.82, 2.24) is 0 Å². The van der Waals surface area contributed by atoms with Crippen molar-refractivity contribution in [3.05, 3.63) is 0 Å². The lowest BCUT2D eigenvalue weighted by Crippen LogP contribution is -2.28. The molecule has 0 unspecified atom stereocenters. The number of hydrogen-bond acceptors (Lipinski definition) is 8. The molecule has 0 radical (unpaired) electrons. The van der Waals surface area contributed by atoms with E-state index < -0.39 is 74.0 Å². The summed E-state index contributed by atoms with van der Waals surface area (Å²) < 4.78 is 60.9. The van der Waals surface area contributed by atoms with E-state index in [0.717, 1.165) is 13.8 Å². The Morgan fingerprint density at radius 2 is 1.14 bits per heavy atom. The molecule has 0 heterocycles. The van der Waals surface area contributed by atoms with Crippen LogP contribution >= 0.6 is 0 Å². The summed E-state index contributed by atoms with van der Waals surface area (Å²) in [5.74, 6) is -5.54. The third-order valence-electron chi connectivity index (χ3n) is 2.27. The van der Waals surface area contributed by atoms with Gasteiger partial charge in [0.05, 0.1) is 2.74 Å². The summed E-state index contributed by atoms with van der Waals surface area (Å²) in [4.78, 5) is 40.0. The van der Waals surface area contributed by atoms with Crippen molar-refractivity contribution in [2.24, 2.45) is 22.9 Å². The minimum atomic E-state index is -2.56. The second kappa shape index (κ2) is 21.0. The fourth-order valence-electron chi connectivity index (χ4n) is 0.469. The Kier molecular flexibility index (Phi) is 12.5. The summed E-state index contributed by atoms with van der Waals surface area (Å²) in [5, 5.41) is 32.7. The Bertz CT molecular complexity index is 754. The lowest BCUT2D eigenvalue weighted by Gasteiger charge is -1.97. The minimum Gasteiger partial charge on any atom is -0.480 e. The first-order valence-electron chi connectivity index (χ1n) is 11.9. The molecule has 0 aromatic rings. The number of nitrogens with two attached hydrogens (primary N) is 4. The van der Waals surface area contributed by atoms with Crippen LogP contribution in [0.25, 0.3) is 0 Å². The predicted octanol–water partition coefficient (Wildman–Crippen LogP) is -0.767. The summed E-state index contributed by atoms with van der Waals surface area (Å²) in [5.41, 5.74) is 19.6. The van der Waals surface area contributed by atoms with Crippen LogP contribution in [0.1, 0.15) is 65.5 Å². The standard InChI is InChI=1S/4C4H9NO2/c4*1-2-3(5)4(6)7/h4*3H,2,5H2,1H3,(H,6,7)/t4*3-/m0000/s1/i2D2,3D;3D;2D2;1D3. The minimum absolute atomic E-state index is 0.127. The first kappa shape index (κ1) is 16.7. The third-order valence-corrected chi connectivity index (χ3v) is 2.27. The number of aliphatic carboxylic acids is 4. The highest BCUT2D eigenvalue weighted by Gasteiger charge is 2.07. The molecule has 0 aromatic heterocycles. The van der Waals surface area contributed by atoms with Gasteiger partial charge in [0, 0.05) is 9.60 Å². The van der Waals surface area contributed by atoms with Crippen molar-refractivity contribution in [3.63, 3.8) is 0 Å². The molecule has 0 aliphatic heterocycles. The maximum Gasteiger partial charge on any atom is 0.320 e. The second-order valence-electron chi connectivity index (χ2n) is 4.41. The molecule has 0 amide bonds. The fourth-order valence-corrected chi connectivity index (χ4v) is 0.469. The molecule has 0 fully saturated rings. The van der Waals surface area contributed by atoms with E-state index >= 15 is 0 Å². The maximum atomic E-state index is 10.1. The van der Waals surface area contributed by atoms with E-state index in [2.05, 4.69) is 0 Å². The molecule has 0 aliphatic carbocycles. The fraction of sp³-hybridized carbons (Fsp3) is 0.750. The van der Waals surface area contributed by atoms with Gasteiger partial charge in [0.2, 0.25) is 0 Å². The Labute approximate surface area is 177 Å². The largest absolute Gasteiger partial charge is 0.480 e. The van der Waals surface area contributed by atoms with Crippen LogP contribution in [0.4, 0.5) is 0 Å². The molecule has 0 saturated heterocycles. The normalized spacial score (nSPS) is 21.9. The van der Waals surface area contributed by atoms with Crippen LogP contribution in [0.5, 0.6) is 0 Å². The number of hydrogen-bond donors (Lipinski definition) is 8. The summed E-state index contributed by atoms with van der Waals surface area (Å²) in [6, 6.07) is -7.07. The summed E-state index contributed by atoms with van der Waals surface area (Å²) in [6.07, 6.45) is -4.44. The highest BCUT2D eigenvalue weighted by atomic mass is 16.4. The van der Waals surface area contributed by atoms with Gasteiger partial charge in [-0.1, -0.05) is 27.6 Å². The van der Waals surface area contributed by atoms with Crippen LogP contribution in [0.15, 0.2) is 0 Å². The number of carbonyl (C=O) groups is 4. The quantitative estimate of drug-likeness (QED) is 0.240. The molecule has 4 atom stereocenters. The van der Waals surface area contributed by atoms with Gasteiger partial charge in [-0.2, -0.15) is 0 Å². The Morgan fingerprint density at radius 1 is 0.750 bits per heavy atom. The van der Waals surface area contributed by atoms with E-state index in [1.54, 1.807) is 6.92 Å². The highest BCUT2D eigenvalue weighted by molar-refractivity contribution is 5.73. The van der Waals surface area contributed by atoms with Gasteiger partial charge in [-0.05, 0) is 25.6 Å². The molecule has 12 nitrogen and oxygen atoms in total. The summed E-state index contributed by atoms with van der Waals surface area (Å²) in [6.45, 7) is 1.39. The molecule has 0 bridgehead atoms. The lowest BCUT2D eigenvalue weighted by molar-refractivity contribution is -0.139. The van der Waals surface area contributed by atoms with Crippen LogP contribution in [0.3, 0.4) is 0 Å². The molecule has 0 saturated carbocycles. The molecule has 0 spiro atoms. The van der Waals surface area contributed by atoms with E-state index in [4.69, 9.17) is 55.7 Å². The first-order valence-corrected chi connectivity index (χ1v) is 7.39. The zero-order valence-corrected chi connectivity index (χ0v) is 15.8. The van der Waals surface area contributed by atoms with Gasteiger partial charge >= 0.3 is 23.9 Å². The van der Waals surface area contributed by atoms with Gasteiger partial charge in [-0.15, -0.1) is 0 Å². The van der Waals surface area contributed by atoms with Gasteiger partial charge in [-0.3, -0.25) is 19.2 Å².